The predicted molar refractivity (Wildman–Crippen MR) is 75.9 cm³/mol. The van der Waals surface area contributed by atoms with Crippen LogP contribution in [0.4, 0.5) is 0 Å². The van der Waals surface area contributed by atoms with E-state index in [1.54, 1.807) is 13.8 Å². The number of ether oxygens (including phenoxy) is 1. The van der Waals surface area contributed by atoms with Crippen LogP contribution in [0.1, 0.15) is 46.0 Å². The molecular formula is C15H24N2O3. The molecular weight excluding hydrogens is 256 g/mol. The van der Waals surface area contributed by atoms with Crippen molar-refractivity contribution in [2.75, 3.05) is 13.2 Å². The summed E-state index contributed by atoms with van der Waals surface area (Å²) >= 11 is 0. The molecule has 5 heteroatoms. The Morgan fingerprint density at radius 2 is 1.65 bits per heavy atom. The molecule has 0 atom stereocenters. The minimum Gasteiger partial charge on any atom is -0.378 e. The number of nitrogens with two attached hydrogens (primary N) is 1. The van der Waals surface area contributed by atoms with E-state index in [2.05, 4.69) is 0 Å². The maximum Gasteiger partial charge on any atom is 0.256 e. The van der Waals surface area contributed by atoms with E-state index in [0.717, 1.165) is 25.7 Å². The molecule has 0 aromatic heterocycles. The van der Waals surface area contributed by atoms with Gasteiger partial charge >= 0.3 is 0 Å². The largest absolute Gasteiger partial charge is 0.378 e. The van der Waals surface area contributed by atoms with Gasteiger partial charge in [-0.25, -0.2) is 0 Å². The third-order valence-corrected chi connectivity index (χ3v) is 4.29. The van der Waals surface area contributed by atoms with Crippen LogP contribution in [0, 0.1) is 0 Å². The number of hydrogen-bond acceptors (Lipinski definition) is 4. The number of imide groups is 1. The molecule has 0 aromatic carbocycles. The average molecular weight is 280 g/mol. The highest BCUT2D eigenvalue weighted by Crippen LogP contribution is 2.21. The predicted octanol–water partition coefficient (Wildman–Crippen LogP) is 1.37. The van der Waals surface area contributed by atoms with E-state index < -0.39 is 0 Å². The Labute approximate surface area is 120 Å². The van der Waals surface area contributed by atoms with Crippen molar-refractivity contribution in [3.63, 3.8) is 0 Å². The molecule has 2 aliphatic rings. The van der Waals surface area contributed by atoms with E-state index in [1.165, 1.54) is 4.90 Å². The van der Waals surface area contributed by atoms with Crippen LogP contribution in [0.5, 0.6) is 0 Å². The minimum atomic E-state index is -0.156. The fraction of sp³-hybridized carbons (Fsp3) is 0.733. The Balaban J connectivity index is 1.67. The summed E-state index contributed by atoms with van der Waals surface area (Å²) in [5.41, 5.74) is 6.98. The van der Waals surface area contributed by atoms with Gasteiger partial charge in [-0.3, -0.25) is 14.5 Å². The number of carbonyl (C=O) groups excluding carboxylic acids is 2. The van der Waals surface area contributed by atoms with E-state index in [4.69, 9.17) is 10.5 Å². The van der Waals surface area contributed by atoms with Crippen LogP contribution in [0.2, 0.25) is 0 Å². The highest BCUT2D eigenvalue weighted by atomic mass is 16.5. The lowest BCUT2D eigenvalue weighted by Crippen LogP contribution is -2.34. The number of nitrogens with zero attached hydrogens (tertiary/aromatic N) is 1. The van der Waals surface area contributed by atoms with Gasteiger partial charge in [0.05, 0.1) is 6.10 Å². The molecule has 0 saturated heterocycles. The maximum atomic E-state index is 11.9. The van der Waals surface area contributed by atoms with Crippen molar-refractivity contribution in [3.8, 4) is 0 Å². The number of hydrogen-bond donors (Lipinski definition) is 1. The second kappa shape index (κ2) is 6.50. The Kier molecular flexibility index (Phi) is 4.94. The molecule has 0 unspecified atom stereocenters. The Morgan fingerprint density at radius 1 is 1.10 bits per heavy atom. The molecule has 0 bridgehead atoms. The second-order valence-corrected chi connectivity index (χ2v) is 5.77. The van der Waals surface area contributed by atoms with Gasteiger partial charge in [0.1, 0.15) is 0 Å². The Morgan fingerprint density at radius 3 is 2.20 bits per heavy atom. The number of rotatable bonds is 5. The van der Waals surface area contributed by atoms with Crippen LogP contribution in [0.3, 0.4) is 0 Å². The molecule has 2 rings (SSSR count). The molecule has 1 aliphatic carbocycles. The van der Waals surface area contributed by atoms with Gasteiger partial charge in [0.25, 0.3) is 11.8 Å². The molecule has 1 aliphatic heterocycles. The van der Waals surface area contributed by atoms with Gasteiger partial charge in [0, 0.05) is 30.3 Å². The van der Waals surface area contributed by atoms with Gasteiger partial charge in [0.2, 0.25) is 0 Å². The molecule has 0 spiro atoms. The van der Waals surface area contributed by atoms with Gasteiger partial charge in [0.15, 0.2) is 0 Å². The Bertz CT molecular complexity index is 399. The molecule has 2 N–H and O–H groups in total. The van der Waals surface area contributed by atoms with Crippen LogP contribution in [-0.2, 0) is 14.3 Å². The van der Waals surface area contributed by atoms with Crippen LogP contribution >= 0.6 is 0 Å². The van der Waals surface area contributed by atoms with Crippen molar-refractivity contribution in [1.29, 1.82) is 0 Å². The van der Waals surface area contributed by atoms with Gasteiger partial charge < -0.3 is 10.5 Å². The van der Waals surface area contributed by atoms with Crippen molar-refractivity contribution >= 4 is 11.8 Å². The third kappa shape index (κ3) is 3.27. The smallest absolute Gasteiger partial charge is 0.256 e. The third-order valence-electron chi connectivity index (χ3n) is 4.29. The zero-order chi connectivity index (χ0) is 14.7. The summed E-state index contributed by atoms with van der Waals surface area (Å²) in [4.78, 5) is 25.0. The lowest BCUT2D eigenvalue weighted by Gasteiger charge is -2.26. The summed E-state index contributed by atoms with van der Waals surface area (Å²) in [5.74, 6) is -0.313. The van der Waals surface area contributed by atoms with Gasteiger partial charge in [-0.1, -0.05) is 0 Å². The summed E-state index contributed by atoms with van der Waals surface area (Å²) in [6, 6.07) is 0.326. The first-order valence-electron chi connectivity index (χ1n) is 7.41. The zero-order valence-electron chi connectivity index (χ0n) is 12.4. The summed E-state index contributed by atoms with van der Waals surface area (Å²) in [6.07, 6.45) is 5.07. The standard InChI is InChI=1S/C15H24N2O3/c1-10-11(2)15(19)17(14(10)18)8-3-9-20-13-6-4-12(16)5-7-13/h12-13H,3-9,16H2,1-2H3. The highest BCUT2D eigenvalue weighted by Gasteiger charge is 2.32. The fourth-order valence-electron chi connectivity index (χ4n) is 2.75. The van der Waals surface area contributed by atoms with E-state index in [1.807, 2.05) is 0 Å². The van der Waals surface area contributed by atoms with E-state index in [9.17, 15) is 9.59 Å². The summed E-state index contributed by atoms with van der Waals surface area (Å²) in [6.45, 7) is 4.45. The van der Waals surface area contributed by atoms with Gasteiger partial charge in [-0.05, 0) is 46.0 Å². The molecule has 5 nitrogen and oxygen atoms in total. The summed E-state index contributed by atoms with van der Waals surface area (Å²) in [5, 5.41) is 0. The first-order valence-corrected chi connectivity index (χ1v) is 7.41. The molecule has 1 fully saturated rings. The van der Waals surface area contributed by atoms with Crippen molar-refractivity contribution in [1.82, 2.24) is 4.90 Å². The second-order valence-electron chi connectivity index (χ2n) is 5.77. The monoisotopic (exact) mass is 280 g/mol. The van der Waals surface area contributed by atoms with Gasteiger partial charge in [-0.2, -0.15) is 0 Å². The van der Waals surface area contributed by atoms with Crippen molar-refractivity contribution in [2.45, 2.75) is 58.1 Å². The molecule has 20 heavy (non-hydrogen) atoms. The summed E-state index contributed by atoms with van der Waals surface area (Å²) in [7, 11) is 0. The maximum absolute atomic E-state index is 11.9. The molecule has 1 heterocycles. The number of amides is 2. The fourth-order valence-corrected chi connectivity index (χ4v) is 2.75. The minimum absolute atomic E-state index is 0.156. The van der Waals surface area contributed by atoms with E-state index >= 15 is 0 Å². The normalized spacial score (nSPS) is 27.6. The first-order chi connectivity index (χ1) is 9.50. The quantitative estimate of drug-likeness (QED) is 0.610. The van der Waals surface area contributed by atoms with Crippen molar-refractivity contribution in [3.05, 3.63) is 11.1 Å². The number of carbonyl (C=O) groups is 2. The summed E-state index contributed by atoms with van der Waals surface area (Å²) < 4.78 is 5.80. The lowest BCUT2D eigenvalue weighted by molar-refractivity contribution is -0.137. The molecule has 2 amide bonds. The molecule has 112 valence electrons. The topological polar surface area (TPSA) is 72.6 Å². The highest BCUT2D eigenvalue weighted by molar-refractivity contribution is 6.18. The van der Waals surface area contributed by atoms with E-state index in [0.29, 0.717) is 42.9 Å². The van der Waals surface area contributed by atoms with Crippen LogP contribution < -0.4 is 5.73 Å². The molecule has 1 saturated carbocycles. The van der Waals surface area contributed by atoms with E-state index in [-0.39, 0.29) is 11.8 Å². The average Bonchev–Trinajstić information content (AvgIpc) is 2.62. The Hall–Kier alpha value is -1.20. The van der Waals surface area contributed by atoms with Crippen molar-refractivity contribution in [2.24, 2.45) is 5.73 Å². The van der Waals surface area contributed by atoms with Gasteiger partial charge in [-0.15, -0.1) is 0 Å². The SMILES string of the molecule is CC1=C(C)C(=O)N(CCCOC2CCC(N)CC2)C1=O. The van der Waals surface area contributed by atoms with Crippen LogP contribution in [-0.4, -0.2) is 42.0 Å². The van der Waals surface area contributed by atoms with Crippen molar-refractivity contribution < 1.29 is 14.3 Å². The lowest BCUT2D eigenvalue weighted by atomic mass is 9.94. The first kappa shape index (κ1) is 15.2. The zero-order valence-corrected chi connectivity index (χ0v) is 12.4. The molecule has 0 radical (unpaired) electrons. The molecule has 0 aromatic rings. The van der Waals surface area contributed by atoms with Crippen LogP contribution in [0.15, 0.2) is 11.1 Å². The van der Waals surface area contributed by atoms with Crippen LogP contribution in [0.25, 0.3) is 0 Å².